The van der Waals surface area contributed by atoms with Crippen LogP contribution in [0.4, 0.5) is 0 Å². The van der Waals surface area contributed by atoms with Crippen molar-refractivity contribution in [2.75, 3.05) is 12.3 Å². The van der Waals surface area contributed by atoms with Crippen LogP contribution >= 0.6 is 22.9 Å². The molecular formula is C23H25ClN4O4S2. The lowest BCUT2D eigenvalue weighted by molar-refractivity contribution is -0.125. The molecule has 1 aliphatic rings. The first-order valence-corrected chi connectivity index (χ1v) is 13.8. The van der Waals surface area contributed by atoms with Crippen molar-refractivity contribution >= 4 is 55.2 Å². The monoisotopic (exact) mass is 520 g/mol. The minimum absolute atomic E-state index is 0.00495. The number of carbonyl (C=O) groups is 2. The quantitative estimate of drug-likeness (QED) is 0.490. The molecule has 8 nitrogen and oxygen atoms in total. The van der Waals surface area contributed by atoms with Crippen LogP contribution in [0.25, 0.3) is 10.8 Å². The Balaban J connectivity index is 1.49. The van der Waals surface area contributed by atoms with Crippen LogP contribution < -0.4 is 10.5 Å². The average molecular weight is 521 g/mol. The number of ketones is 1. The number of carbonyl (C=O) groups excluding carboxylic acids is 2. The molecule has 0 aliphatic carbocycles. The van der Waals surface area contributed by atoms with Crippen molar-refractivity contribution < 1.29 is 18.0 Å². The van der Waals surface area contributed by atoms with Crippen molar-refractivity contribution in [3.05, 3.63) is 57.8 Å². The van der Waals surface area contributed by atoms with Gasteiger partial charge >= 0.3 is 0 Å². The van der Waals surface area contributed by atoms with E-state index in [9.17, 15) is 18.0 Å². The van der Waals surface area contributed by atoms with Crippen LogP contribution in [0.3, 0.4) is 0 Å². The van der Waals surface area contributed by atoms with E-state index in [0.29, 0.717) is 22.8 Å². The van der Waals surface area contributed by atoms with E-state index in [2.05, 4.69) is 5.10 Å². The van der Waals surface area contributed by atoms with Crippen molar-refractivity contribution in [2.45, 2.75) is 43.2 Å². The third kappa shape index (κ3) is 5.68. The van der Waals surface area contributed by atoms with Gasteiger partial charge in [-0.25, -0.2) is 8.42 Å². The second-order valence-electron chi connectivity index (χ2n) is 8.24. The molecule has 180 valence electrons. The molecule has 4 rings (SSSR count). The van der Waals surface area contributed by atoms with Gasteiger partial charge in [0.05, 0.1) is 10.6 Å². The Hall–Kier alpha value is -2.69. The maximum atomic E-state index is 13.1. The fraction of sp³-hybridized carbons (Fsp3) is 0.348. The standard InChI is InChI=1S/C23H25ClN4O4S2/c24-18-6-4-17-14-19(7-5-16(17)13-18)34(31,32)12-8-21(29)20-3-1-2-9-28(20)26-23-27(10-11-33-23)15-22(25)30/h4-7,10-11,13-14,20H,1-3,8-9,12,15H2,(H2,25,30)/b26-23-. The number of rotatable bonds is 8. The predicted molar refractivity (Wildman–Crippen MR) is 132 cm³/mol. The van der Waals surface area contributed by atoms with Gasteiger partial charge in [-0.2, -0.15) is 0 Å². The first-order valence-electron chi connectivity index (χ1n) is 10.9. The second-order valence-corrected chi connectivity index (χ2v) is 11.7. The highest BCUT2D eigenvalue weighted by Crippen LogP contribution is 2.24. The molecule has 1 atom stereocenters. The number of aromatic nitrogens is 1. The van der Waals surface area contributed by atoms with Gasteiger partial charge in [-0.05, 0) is 54.3 Å². The molecule has 0 radical (unpaired) electrons. The van der Waals surface area contributed by atoms with Crippen LogP contribution in [0.2, 0.25) is 5.02 Å². The highest BCUT2D eigenvalue weighted by molar-refractivity contribution is 7.91. The smallest absolute Gasteiger partial charge is 0.237 e. The summed E-state index contributed by atoms with van der Waals surface area (Å²) in [6.07, 6.45) is 3.99. The SMILES string of the molecule is NC(=O)Cn1ccs/c1=N\N1CCCCC1C(=O)CCS(=O)(=O)c1ccc2cc(Cl)ccc2c1. The third-order valence-electron chi connectivity index (χ3n) is 5.80. The van der Waals surface area contributed by atoms with E-state index in [0.717, 1.165) is 23.6 Å². The maximum Gasteiger partial charge on any atom is 0.237 e. The highest BCUT2D eigenvalue weighted by atomic mass is 35.5. The Labute approximate surface area is 206 Å². The molecule has 2 aromatic carbocycles. The van der Waals surface area contributed by atoms with Gasteiger partial charge in [0, 0.05) is 29.6 Å². The van der Waals surface area contributed by atoms with Gasteiger partial charge in [-0.3, -0.25) is 14.6 Å². The predicted octanol–water partition coefficient (Wildman–Crippen LogP) is 2.94. The van der Waals surface area contributed by atoms with Crippen LogP contribution in [0.1, 0.15) is 25.7 Å². The normalized spacial score (nSPS) is 17.3. The zero-order chi connectivity index (χ0) is 24.3. The van der Waals surface area contributed by atoms with Gasteiger partial charge < -0.3 is 10.3 Å². The van der Waals surface area contributed by atoms with Gasteiger partial charge in [-0.15, -0.1) is 16.4 Å². The molecule has 0 bridgehead atoms. The summed E-state index contributed by atoms with van der Waals surface area (Å²) in [4.78, 5) is 25.1. The van der Waals surface area contributed by atoms with E-state index in [1.54, 1.807) is 57.6 Å². The molecule has 1 unspecified atom stereocenters. The summed E-state index contributed by atoms with van der Waals surface area (Å²) in [5, 5.41) is 10.3. The van der Waals surface area contributed by atoms with E-state index < -0.39 is 21.8 Å². The maximum absolute atomic E-state index is 13.1. The fourth-order valence-corrected chi connectivity index (χ4v) is 6.26. The number of thiazole rings is 1. The van der Waals surface area contributed by atoms with Gasteiger partial charge in [-0.1, -0.05) is 23.7 Å². The Morgan fingerprint density at radius 3 is 2.71 bits per heavy atom. The van der Waals surface area contributed by atoms with Crippen molar-refractivity contribution in [3.63, 3.8) is 0 Å². The number of Topliss-reactive ketones (excluding diaryl/α,β-unsaturated/α-hetero) is 1. The molecule has 11 heteroatoms. The lowest BCUT2D eigenvalue weighted by Gasteiger charge is -2.32. The summed E-state index contributed by atoms with van der Waals surface area (Å²) >= 11 is 7.35. The molecule has 1 amide bonds. The van der Waals surface area contributed by atoms with Crippen molar-refractivity contribution in [2.24, 2.45) is 10.8 Å². The number of fused-ring (bicyclic) bond motifs is 1. The Morgan fingerprint density at radius 2 is 1.91 bits per heavy atom. The van der Waals surface area contributed by atoms with Gasteiger partial charge in [0.2, 0.25) is 10.7 Å². The highest BCUT2D eigenvalue weighted by Gasteiger charge is 2.29. The third-order valence-corrected chi connectivity index (χ3v) is 8.53. The molecule has 1 saturated heterocycles. The summed E-state index contributed by atoms with van der Waals surface area (Å²) in [7, 11) is -3.64. The molecule has 34 heavy (non-hydrogen) atoms. The minimum Gasteiger partial charge on any atom is -0.368 e. The summed E-state index contributed by atoms with van der Waals surface area (Å²) in [6.45, 7) is 0.593. The molecule has 1 aliphatic heterocycles. The number of benzene rings is 2. The molecule has 1 aromatic heterocycles. The lowest BCUT2D eigenvalue weighted by atomic mass is 9.99. The van der Waals surface area contributed by atoms with Gasteiger partial charge in [0.1, 0.15) is 12.6 Å². The van der Waals surface area contributed by atoms with Crippen molar-refractivity contribution in [1.29, 1.82) is 0 Å². The first kappa shape index (κ1) is 24.4. The molecule has 2 heterocycles. The van der Waals surface area contributed by atoms with E-state index in [-0.39, 0.29) is 29.4 Å². The summed E-state index contributed by atoms with van der Waals surface area (Å²) in [6, 6.07) is 9.66. The average Bonchev–Trinajstić information content (AvgIpc) is 3.23. The summed E-state index contributed by atoms with van der Waals surface area (Å²) < 4.78 is 27.5. The van der Waals surface area contributed by atoms with Crippen molar-refractivity contribution in [3.8, 4) is 0 Å². The minimum atomic E-state index is -3.64. The van der Waals surface area contributed by atoms with Gasteiger partial charge in [0.15, 0.2) is 15.6 Å². The summed E-state index contributed by atoms with van der Waals surface area (Å²) in [5.41, 5.74) is 5.30. The summed E-state index contributed by atoms with van der Waals surface area (Å²) in [5.74, 6) is -0.902. The number of hydrogen-bond donors (Lipinski definition) is 1. The number of amides is 1. The number of sulfone groups is 1. The molecule has 0 saturated carbocycles. The number of piperidine rings is 1. The number of hydrogen-bond acceptors (Lipinski definition) is 7. The van der Waals surface area contributed by atoms with E-state index in [4.69, 9.17) is 17.3 Å². The van der Waals surface area contributed by atoms with Gasteiger partial charge in [0.25, 0.3) is 0 Å². The Kier molecular flexibility index (Phi) is 7.39. The van der Waals surface area contributed by atoms with Crippen LogP contribution in [0, 0.1) is 0 Å². The lowest BCUT2D eigenvalue weighted by Crippen LogP contribution is -2.43. The fourth-order valence-electron chi connectivity index (χ4n) is 4.05. The largest absolute Gasteiger partial charge is 0.368 e. The van der Waals surface area contributed by atoms with Crippen molar-refractivity contribution in [1.82, 2.24) is 9.58 Å². The zero-order valence-electron chi connectivity index (χ0n) is 18.4. The number of nitrogens with zero attached hydrogens (tertiary/aromatic N) is 3. The second kappa shape index (κ2) is 10.3. The molecule has 0 spiro atoms. The number of nitrogens with two attached hydrogens (primary N) is 1. The molecule has 1 fully saturated rings. The van der Waals surface area contributed by atoms with E-state index in [1.807, 2.05) is 0 Å². The zero-order valence-corrected chi connectivity index (χ0v) is 20.8. The van der Waals surface area contributed by atoms with Crippen LogP contribution in [-0.2, 0) is 26.0 Å². The molecular weight excluding hydrogens is 496 g/mol. The molecule has 2 N–H and O–H groups in total. The number of halogens is 1. The number of primary amides is 1. The van der Waals surface area contributed by atoms with E-state index in [1.165, 1.54) is 11.3 Å². The Bertz CT molecular complexity index is 1400. The van der Waals surface area contributed by atoms with E-state index >= 15 is 0 Å². The van der Waals surface area contributed by atoms with Crippen LogP contribution in [0.15, 0.2) is 58.0 Å². The molecule has 3 aromatic rings. The Morgan fingerprint density at radius 1 is 1.15 bits per heavy atom. The van der Waals surface area contributed by atoms with Crippen LogP contribution in [0.5, 0.6) is 0 Å². The van der Waals surface area contributed by atoms with Crippen LogP contribution in [-0.4, -0.2) is 48.0 Å². The first-order chi connectivity index (χ1) is 16.2. The topological polar surface area (TPSA) is 115 Å².